The Hall–Kier alpha value is -1.39. The third-order valence-electron chi connectivity index (χ3n) is 3.17. The van der Waals surface area contributed by atoms with E-state index < -0.39 is 0 Å². The van der Waals surface area contributed by atoms with Crippen molar-refractivity contribution >= 4 is 11.6 Å². The summed E-state index contributed by atoms with van der Waals surface area (Å²) in [5.41, 5.74) is 1.18. The van der Waals surface area contributed by atoms with Crippen LogP contribution in [-0.2, 0) is 19.5 Å². The van der Waals surface area contributed by atoms with Crippen LogP contribution in [0.15, 0.2) is 28.8 Å². The van der Waals surface area contributed by atoms with E-state index in [1.807, 2.05) is 25.1 Å². The van der Waals surface area contributed by atoms with Crippen LogP contribution < -0.4 is 0 Å². The molecule has 4 nitrogen and oxygen atoms in total. The Morgan fingerprint density at radius 3 is 2.70 bits per heavy atom. The van der Waals surface area contributed by atoms with Gasteiger partial charge in [0.15, 0.2) is 5.82 Å². The van der Waals surface area contributed by atoms with Gasteiger partial charge in [0, 0.05) is 24.0 Å². The Balaban J connectivity index is 2.07. The van der Waals surface area contributed by atoms with Crippen LogP contribution in [0.5, 0.6) is 0 Å². The van der Waals surface area contributed by atoms with Crippen LogP contribution >= 0.6 is 11.6 Å². The van der Waals surface area contributed by atoms with Crippen molar-refractivity contribution in [1.82, 2.24) is 15.0 Å². The number of hydrogen-bond donors (Lipinski definition) is 0. The molecule has 0 saturated heterocycles. The summed E-state index contributed by atoms with van der Waals surface area (Å²) in [5, 5.41) is 4.70. The first kappa shape index (κ1) is 15.0. The van der Waals surface area contributed by atoms with Gasteiger partial charge in [-0.1, -0.05) is 35.8 Å². The lowest BCUT2D eigenvalue weighted by molar-refractivity contribution is 0.176. The SMILES string of the molecule is CCc1noc(CN(Cc2cccc(Cl)c2)C(C)C)n1. The molecule has 0 fully saturated rings. The van der Waals surface area contributed by atoms with Gasteiger partial charge in [0.25, 0.3) is 0 Å². The van der Waals surface area contributed by atoms with Gasteiger partial charge in [0.05, 0.1) is 6.54 Å². The van der Waals surface area contributed by atoms with Gasteiger partial charge in [-0.05, 0) is 31.5 Å². The van der Waals surface area contributed by atoms with Gasteiger partial charge in [-0.25, -0.2) is 0 Å². The van der Waals surface area contributed by atoms with Gasteiger partial charge in [-0.2, -0.15) is 4.98 Å². The normalized spacial score (nSPS) is 11.5. The molecule has 0 spiro atoms. The summed E-state index contributed by atoms with van der Waals surface area (Å²) in [6.07, 6.45) is 0.791. The minimum atomic E-state index is 0.381. The molecule has 5 heteroatoms. The minimum Gasteiger partial charge on any atom is -0.338 e. The number of halogens is 1. The molecule has 1 aromatic heterocycles. The summed E-state index contributed by atoms with van der Waals surface area (Å²) in [5.74, 6) is 1.42. The monoisotopic (exact) mass is 293 g/mol. The topological polar surface area (TPSA) is 42.2 Å². The fourth-order valence-corrected chi connectivity index (χ4v) is 2.18. The third-order valence-corrected chi connectivity index (χ3v) is 3.40. The lowest BCUT2D eigenvalue weighted by Crippen LogP contribution is -2.30. The first-order valence-corrected chi connectivity index (χ1v) is 7.26. The van der Waals surface area contributed by atoms with Gasteiger partial charge in [-0.15, -0.1) is 0 Å². The fourth-order valence-electron chi connectivity index (χ4n) is 1.96. The second-order valence-electron chi connectivity index (χ2n) is 5.09. The molecule has 1 aromatic carbocycles. The van der Waals surface area contributed by atoms with Crippen molar-refractivity contribution in [1.29, 1.82) is 0 Å². The summed E-state index contributed by atoms with van der Waals surface area (Å²) in [6, 6.07) is 8.30. The first-order chi connectivity index (χ1) is 9.58. The number of hydrogen-bond acceptors (Lipinski definition) is 4. The highest BCUT2D eigenvalue weighted by molar-refractivity contribution is 6.30. The van der Waals surface area contributed by atoms with Gasteiger partial charge in [-0.3, -0.25) is 4.90 Å². The average Bonchev–Trinajstić information content (AvgIpc) is 2.85. The standard InChI is InChI=1S/C15H20ClN3O/c1-4-14-17-15(20-18-14)10-19(11(2)3)9-12-6-5-7-13(16)8-12/h5-8,11H,4,9-10H2,1-3H3. The Morgan fingerprint density at radius 2 is 2.10 bits per heavy atom. The van der Waals surface area contributed by atoms with Crippen LogP contribution in [0.4, 0.5) is 0 Å². The van der Waals surface area contributed by atoms with E-state index in [1.54, 1.807) is 0 Å². The van der Waals surface area contributed by atoms with Crippen LogP contribution in [0, 0.1) is 0 Å². The molecular formula is C15H20ClN3O. The maximum atomic E-state index is 6.03. The second kappa shape index (κ2) is 6.86. The molecule has 0 aliphatic carbocycles. The smallest absolute Gasteiger partial charge is 0.240 e. The predicted molar refractivity (Wildman–Crippen MR) is 79.5 cm³/mol. The van der Waals surface area contributed by atoms with E-state index in [0.717, 1.165) is 23.8 Å². The Kier molecular flexibility index (Phi) is 5.15. The van der Waals surface area contributed by atoms with Crippen molar-refractivity contribution in [3.63, 3.8) is 0 Å². The number of benzene rings is 1. The van der Waals surface area contributed by atoms with Gasteiger partial charge >= 0.3 is 0 Å². The van der Waals surface area contributed by atoms with Crippen LogP contribution in [0.25, 0.3) is 0 Å². The highest BCUT2D eigenvalue weighted by atomic mass is 35.5. The van der Waals surface area contributed by atoms with Crippen LogP contribution in [-0.4, -0.2) is 21.1 Å². The highest BCUT2D eigenvalue weighted by Gasteiger charge is 2.15. The van der Waals surface area contributed by atoms with Crippen molar-refractivity contribution in [3.05, 3.63) is 46.6 Å². The van der Waals surface area contributed by atoms with E-state index in [1.165, 1.54) is 5.56 Å². The number of nitrogens with zero attached hydrogens (tertiary/aromatic N) is 3. The van der Waals surface area contributed by atoms with E-state index in [2.05, 4.69) is 35.0 Å². The van der Waals surface area contributed by atoms with E-state index >= 15 is 0 Å². The number of aryl methyl sites for hydroxylation is 1. The molecule has 0 N–H and O–H groups in total. The zero-order valence-corrected chi connectivity index (χ0v) is 12.9. The maximum Gasteiger partial charge on any atom is 0.240 e. The predicted octanol–water partition coefficient (Wildman–Crippen LogP) is 3.70. The summed E-state index contributed by atoms with van der Waals surface area (Å²) in [7, 11) is 0. The quantitative estimate of drug-likeness (QED) is 0.814. The zero-order chi connectivity index (χ0) is 14.5. The largest absolute Gasteiger partial charge is 0.338 e. The van der Waals surface area contributed by atoms with Crippen molar-refractivity contribution in [2.45, 2.75) is 46.3 Å². The maximum absolute atomic E-state index is 6.03. The van der Waals surface area contributed by atoms with E-state index in [-0.39, 0.29) is 0 Å². The first-order valence-electron chi connectivity index (χ1n) is 6.88. The molecule has 1 heterocycles. The molecule has 0 aliphatic heterocycles. The molecule has 0 aliphatic rings. The minimum absolute atomic E-state index is 0.381. The third kappa shape index (κ3) is 4.05. The van der Waals surface area contributed by atoms with E-state index in [4.69, 9.17) is 16.1 Å². The highest BCUT2D eigenvalue weighted by Crippen LogP contribution is 2.16. The van der Waals surface area contributed by atoms with Crippen LogP contribution in [0.1, 0.15) is 38.0 Å². The Bertz CT molecular complexity index is 554. The van der Waals surface area contributed by atoms with E-state index in [9.17, 15) is 0 Å². The zero-order valence-electron chi connectivity index (χ0n) is 12.1. The average molecular weight is 294 g/mol. The number of rotatable bonds is 6. The molecule has 0 bridgehead atoms. The van der Waals surface area contributed by atoms with Crippen LogP contribution in [0.3, 0.4) is 0 Å². The molecular weight excluding hydrogens is 274 g/mol. The molecule has 2 rings (SSSR count). The second-order valence-corrected chi connectivity index (χ2v) is 5.52. The Morgan fingerprint density at radius 1 is 1.30 bits per heavy atom. The molecule has 2 aromatic rings. The van der Waals surface area contributed by atoms with Crippen molar-refractivity contribution < 1.29 is 4.52 Å². The summed E-state index contributed by atoms with van der Waals surface area (Å²) >= 11 is 6.03. The van der Waals surface area contributed by atoms with Crippen molar-refractivity contribution in [2.75, 3.05) is 0 Å². The molecule has 108 valence electrons. The summed E-state index contributed by atoms with van der Waals surface area (Å²) in [4.78, 5) is 6.64. The molecule has 0 amide bonds. The van der Waals surface area contributed by atoms with Crippen molar-refractivity contribution in [3.8, 4) is 0 Å². The van der Waals surface area contributed by atoms with Gasteiger partial charge in [0.1, 0.15) is 0 Å². The Labute approximate surface area is 124 Å². The van der Waals surface area contributed by atoms with Gasteiger partial charge < -0.3 is 4.52 Å². The molecule has 0 saturated carbocycles. The lowest BCUT2D eigenvalue weighted by Gasteiger charge is -2.24. The van der Waals surface area contributed by atoms with Crippen LogP contribution in [0.2, 0.25) is 5.02 Å². The number of aromatic nitrogens is 2. The molecule has 0 radical (unpaired) electrons. The molecule has 20 heavy (non-hydrogen) atoms. The van der Waals surface area contributed by atoms with Gasteiger partial charge in [0.2, 0.25) is 5.89 Å². The summed E-state index contributed by atoms with van der Waals surface area (Å²) < 4.78 is 5.27. The van der Waals surface area contributed by atoms with Crippen molar-refractivity contribution in [2.24, 2.45) is 0 Å². The van der Waals surface area contributed by atoms with E-state index in [0.29, 0.717) is 18.5 Å². The lowest BCUT2D eigenvalue weighted by atomic mass is 10.2. The molecule has 0 atom stereocenters. The molecule has 0 unspecified atom stereocenters. The summed E-state index contributed by atoms with van der Waals surface area (Å²) in [6.45, 7) is 7.78. The fraction of sp³-hybridized carbons (Fsp3) is 0.467.